The number of carbonyl (C=O) groups is 1. The van der Waals surface area contributed by atoms with E-state index in [0.29, 0.717) is 22.1 Å². The van der Waals surface area contributed by atoms with Crippen LogP contribution in [0.25, 0.3) is 0 Å². The fourth-order valence-corrected chi connectivity index (χ4v) is 1.75. The molecule has 4 nitrogen and oxygen atoms in total. The minimum absolute atomic E-state index is 0.350. The van der Waals surface area contributed by atoms with E-state index < -0.39 is 0 Å². The lowest BCUT2D eigenvalue weighted by Gasteiger charge is -2.09. The predicted molar refractivity (Wildman–Crippen MR) is 79.7 cm³/mol. The molecule has 0 bridgehead atoms. The number of nitrogens with two attached hydrogens (primary N) is 1. The van der Waals surface area contributed by atoms with Crippen molar-refractivity contribution in [2.24, 2.45) is 0 Å². The number of nitrogen functional groups attached to an aromatic ring is 1. The van der Waals surface area contributed by atoms with Crippen LogP contribution in [0.5, 0.6) is 0 Å². The van der Waals surface area contributed by atoms with Crippen LogP contribution in [0.1, 0.15) is 5.56 Å². The summed E-state index contributed by atoms with van der Waals surface area (Å²) in [6, 6.07) is 12.0. The van der Waals surface area contributed by atoms with Crippen LogP contribution in [0.4, 0.5) is 21.9 Å². The van der Waals surface area contributed by atoms with Crippen molar-refractivity contribution in [1.82, 2.24) is 0 Å². The summed E-state index contributed by atoms with van der Waals surface area (Å²) in [5, 5.41) is 5.90. The number of halogens is 1. The van der Waals surface area contributed by atoms with Gasteiger partial charge in [0, 0.05) is 11.4 Å². The number of benzene rings is 2. The maximum absolute atomic E-state index is 11.8. The largest absolute Gasteiger partial charge is 0.399 e. The zero-order valence-corrected chi connectivity index (χ0v) is 11.2. The number of amides is 2. The van der Waals surface area contributed by atoms with Gasteiger partial charge in [0.15, 0.2) is 0 Å². The van der Waals surface area contributed by atoms with Crippen molar-refractivity contribution in [3.05, 3.63) is 53.1 Å². The minimum Gasteiger partial charge on any atom is -0.399 e. The number of carbonyl (C=O) groups excluding carboxylic acids is 1. The molecular weight excluding hydrogens is 262 g/mol. The summed E-state index contributed by atoms with van der Waals surface area (Å²) in [6.45, 7) is 1.93. The van der Waals surface area contributed by atoms with E-state index in [1.807, 2.05) is 19.1 Å². The first-order chi connectivity index (χ1) is 9.04. The van der Waals surface area contributed by atoms with Gasteiger partial charge in [-0.25, -0.2) is 4.79 Å². The van der Waals surface area contributed by atoms with Crippen molar-refractivity contribution >= 4 is 34.7 Å². The van der Waals surface area contributed by atoms with Crippen molar-refractivity contribution < 1.29 is 4.79 Å². The first kappa shape index (κ1) is 13.2. The van der Waals surface area contributed by atoms with Crippen molar-refractivity contribution in [2.75, 3.05) is 16.4 Å². The van der Waals surface area contributed by atoms with Crippen LogP contribution in [-0.4, -0.2) is 6.03 Å². The topological polar surface area (TPSA) is 67.2 Å². The molecule has 0 unspecified atom stereocenters. The maximum atomic E-state index is 11.8. The van der Waals surface area contributed by atoms with Crippen molar-refractivity contribution in [1.29, 1.82) is 0 Å². The third-order valence-corrected chi connectivity index (χ3v) is 2.87. The highest BCUT2D eigenvalue weighted by Gasteiger charge is 2.06. The molecule has 0 aliphatic heterocycles. The molecule has 2 aromatic carbocycles. The molecule has 0 atom stereocenters. The summed E-state index contributed by atoms with van der Waals surface area (Å²) in [7, 11) is 0. The minimum atomic E-state index is -0.350. The second-order valence-electron chi connectivity index (χ2n) is 4.18. The average Bonchev–Trinajstić information content (AvgIpc) is 2.37. The second kappa shape index (κ2) is 5.63. The number of urea groups is 1. The highest BCUT2D eigenvalue weighted by Crippen LogP contribution is 2.23. The molecular formula is C14H14ClN3O. The van der Waals surface area contributed by atoms with Gasteiger partial charge in [0.1, 0.15) is 0 Å². The van der Waals surface area contributed by atoms with Crippen LogP contribution in [-0.2, 0) is 0 Å². The molecule has 2 amide bonds. The Kier molecular flexibility index (Phi) is 3.92. The van der Waals surface area contributed by atoms with Gasteiger partial charge in [-0.05, 0) is 48.9 Å². The smallest absolute Gasteiger partial charge is 0.323 e. The van der Waals surface area contributed by atoms with E-state index in [1.54, 1.807) is 30.3 Å². The zero-order valence-electron chi connectivity index (χ0n) is 10.4. The standard InChI is InChI=1S/C14H14ClN3O/c1-9-2-7-12(15)13(8-9)18-14(19)17-11-5-3-10(16)4-6-11/h2-8H,16H2,1H3,(H2,17,18,19). The fourth-order valence-electron chi connectivity index (χ4n) is 1.59. The van der Waals surface area contributed by atoms with E-state index in [-0.39, 0.29) is 6.03 Å². The van der Waals surface area contributed by atoms with Crippen LogP contribution in [0.15, 0.2) is 42.5 Å². The van der Waals surface area contributed by atoms with E-state index >= 15 is 0 Å². The van der Waals surface area contributed by atoms with Gasteiger partial charge in [-0.2, -0.15) is 0 Å². The lowest BCUT2D eigenvalue weighted by atomic mass is 10.2. The molecule has 0 aliphatic carbocycles. The number of aryl methyl sites for hydroxylation is 1. The molecule has 0 radical (unpaired) electrons. The van der Waals surface area contributed by atoms with Gasteiger partial charge in [0.05, 0.1) is 10.7 Å². The summed E-state index contributed by atoms with van der Waals surface area (Å²) in [5.41, 5.74) is 8.48. The van der Waals surface area contributed by atoms with Crippen LogP contribution < -0.4 is 16.4 Å². The maximum Gasteiger partial charge on any atom is 0.323 e. The van der Waals surface area contributed by atoms with Gasteiger partial charge < -0.3 is 16.4 Å². The first-order valence-electron chi connectivity index (χ1n) is 5.74. The molecule has 98 valence electrons. The van der Waals surface area contributed by atoms with Gasteiger partial charge in [-0.1, -0.05) is 17.7 Å². The Morgan fingerprint density at radius 3 is 2.47 bits per heavy atom. The Bertz CT molecular complexity index is 596. The molecule has 4 N–H and O–H groups in total. The summed E-state index contributed by atoms with van der Waals surface area (Å²) in [4.78, 5) is 11.8. The Morgan fingerprint density at radius 2 is 1.79 bits per heavy atom. The number of nitrogens with one attached hydrogen (secondary N) is 2. The molecule has 0 aliphatic rings. The predicted octanol–water partition coefficient (Wildman–Crippen LogP) is 3.87. The highest BCUT2D eigenvalue weighted by atomic mass is 35.5. The SMILES string of the molecule is Cc1ccc(Cl)c(NC(=O)Nc2ccc(N)cc2)c1. The Hall–Kier alpha value is -2.20. The van der Waals surface area contributed by atoms with Gasteiger partial charge in [-0.3, -0.25) is 0 Å². The molecule has 2 aromatic rings. The number of rotatable bonds is 2. The molecule has 0 spiro atoms. The number of hydrogen-bond acceptors (Lipinski definition) is 2. The van der Waals surface area contributed by atoms with Crippen molar-refractivity contribution in [3.8, 4) is 0 Å². The molecule has 0 heterocycles. The van der Waals surface area contributed by atoms with Crippen LogP contribution in [0.2, 0.25) is 5.02 Å². The number of hydrogen-bond donors (Lipinski definition) is 3. The highest BCUT2D eigenvalue weighted by molar-refractivity contribution is 6.33. The molecule has 0 saturated carbocycles. The first-order valence-corrected chi connectivity index (χ1v) is 6.12. The summed E-state index contributed by atoms with van der Waals surface area (Å²) in [6.07, 6.45) is 0. The van der Waals surface area contributed by atoms with E-state index in [4.69, 9.17) is 17.3 Å². The van der Waals surface area contributed by atoms with Gasteiger partial charge in [0.2, 0.25) is 0 Å². The Labute approximate surface area is 116 Å². The van der Waals surface area contributed by atoms with Crippen LogP contribution >= 0.6 is 11.6 Å². The van der Waals surface area contributed by atoms with Crippen molar-refractivity contribution in [2.45, 2.75) is 6.92 Å². The molecule has 0 fully saturated rings. The monoisotopic (exact) mass is 275 g/mol. The molecule has 2 rings (SSSR count). The summed E-state index contributed by atoms with van der Waals surface area (Å²) < 4.78 is 0. The average molecular weight is 276 g/mol. The quantitative estimate of drug-likeness (QED) is 0.728. The van der Waals surface area contributed by atoms with Crippen LogP contribution in [0.3, 0.4) is 0 Å². The summed E-state index contributed by atoms with van der Waals surface area (Å²) >= 11 is 6.01. The third kappa shape index (κ3) is 3.63. The van der Waals surface area contributed by atoms with Gasteiger partial charge in [0.25, 0.3) is 0 Å². The van der Waals surface area contributed by atoms with E-state index in [9.17, 15) is 4.79 Å². The molecule has 0 saturated heterocycles. The van der Waals surface area contributed by atoms with E-state index in [0.717, 1.165) is 5.56 Å². The Morgan fingerprint density at radius 1 is 1.11 bits per heavy atom. The molecule has 5 heteroatoms. The lowest BCUT2D eigenvalue weighted by molar-refractivity contribution is 0.262. The van der Waals surface area contributed by atoms with E-state index in [1.165, 1.54) is 0 Å². The van der Waals surface area contributed by atoms with Crippen LogP contribution in [0, 0.1) is 6.92 Å². The van der Waals surface area contributed by atoms with Crippen molar-refractivity contribution in [3.63, 3.8) is 0 Å². The zero-order chi connectivity index (χ0) is 13.8. The van der Waals surface area contributed by atoms with Gasteiger partial charge >= 0.3 is 6.03 Å². The summed E-state index contributed by atoms with van der Waals surface area (Å²) in [5.74, 6) is 0. The number of anilines is 3. The van der Waals surface area contributed by atoms with Gasteiger partial charge in [-0.15, -0.1) is 0 Å². The third-order valence-electron chi connectivity index (χ3n) is 2.54. The normalized spacial score (nSPS) is 10.0. The van der Waals surface area contributed by atoms with E-state index in [2.05, 4.69) is 10.6 Å². The molecule has 19 heavy (non-hydrogen) atoms. The molecule has 0 aromatic heterocycles. The fraction of sp³-hybridized carbons (Fsp3) is 0.0714. The lowest BCUT2D eigenvalue weighted by Crippen LogP contribution is -2.19. The second-order valence-corrected chi connectivity index (χ2v) is 4.59. The Balaban J connectivity index is 2.05.